The molecule has 0 fully saturated rings. The summed E-state index contributed by atoms with van der Waals surface area (Å²) in [4.78, 5) is 24.0. The predicted molar refractivity (Wildman–Crippen MR) is 96.6 cm³/mol. The lowest BCUT2D eigenvalue weighted by atomic mass is 10.1. The maximum atomic E-state index is 12.0. The highest BCUT2D eigenvalue weighted by Gasteiger charge is 2.07. The van der Waals surface area contributed by atoms with E-state index in [1.54, 1.807) is 43.5 Å². The molecule has 4 N–H and O–H groups in total. The van der Waals surface area contributed by atoms with Gasteiger partial charge in [-0.3, -0.25) is 9.59 Å². The van der Waals surface area contributed by atoms with Gasteiger partial charge in [0.2, 0.25) is 0 Å². The maximum absolute atomic E-state index is 12.0. The molecule has 0 atom stereocenters. The van der Waals surface area contributed by atoms with Gasteiger partial charge in [0.1, 0.15) is 5.75 Å². The van der Waals surface area contributed by atoms with Crippen LogP contribution < -0.4 is 21.1 Å². The quantitative estimate of drug-likeness (QED) is 0.637. The van der Waals surface area contributed by atoms with Crippen molar-refractivity contribution in [2.24, 2.45) is 5.73 Å². The van der Waals surface area contributed by atoms with Gasteiger partial charge in [0.25, 0.3) is 11.8 Å². The summed E-state index contributed by atoms with van der Waals surface area (Å²) in [6, 6.07) is 14.1. The smallest absolute Gasteiger partial charge is 0.251 e. The van der Waals surface area contributed by atoms with Crippen molar-refractivity contribution in [2.75, 3.05) is 20.2 Å². The number of carbonyl (C=O) groups excluding carboxylic acids is 2. The number of hydrogen-bond donors (Lipinski definition) is 3. The summed E-state index contributed by atoms with van der Waals surface area (Å²) in [5.41, 5.74) is 7.65. The van der Waals surface area contributed by atoms with E-state index in [1.165, 1.54) is 0 Å². The normalized spacial score (nSPS) is 10.2. The minimum Gasteiger partial charge on any atom is -0.497 e. The summed E-state index contributed by atoms with van der Waals surface area (Å²) in [6.45, 7) is 1.41. The first kappa shape index (κ1) is 18.5. The van der Waals surface area contributed by atoms with Crippen molar-refractivity contribution >= 4 is 11.8 Å². The number of methoxy groups -OCH3 is 1. The molecule has 0 bridgehead atoms. The molecule has 0 aliphatic carbocycles. The van der Waals surface area contributed by atoms with E-state index in [0.29, 0.717) is 42.9 Å². The van der Waals surface area contributed by atoms with Crippen LogP contribution in [0, 0.1) is 0 Å². The summed E-state index contributed by atoms with van der Waals surface area (Å²) in [5.74, 6) is 0.339. The number of nitrogens with two attached hydrogens (primary N) is 1. The topological polar surface area (TPSA) is 93.5 Å². The second-order valence-corrected chi connectivity index (χ2v) is 5.50. The highest BCUT2D eigenvalue weighted by atomic mass is 16.5. The van der Waals surface area contributed by atoms with E-state index in [4.69, 9.17) is 10.5 Å². The number of rotatable bonds is 8. The van der Waals surface area contributed by atoms with Gasteiger partial charge in [0.15, 0.2) is 0 Å². The Hall–Kier alpha value is -2.86. The number of amides is 2. The molecule has 0 heterocycles. The maximum Gasteiger partial charge on any atom is 0.251 e. The van der Waals surface area contributed by atoms with Gasteiger partial charge in [0, 0.05) is 30.8 Å². The summed E-state index contributed by atoms with van der Waals surface area (Å²) < 4.78 is 5.10. The van der Waals surface area contributed by atoms with E-state index >= 15 is 0 Å². The van der Waals surface area contributed by atoms with Crippen molar-refractivity contribution in [3.63, 3.8) is 0 Å². The van der Waals surface area contributed by atoms with Crippen molar-refractivity contribution in [3.05, 3.63) is 65.2 Å². The van der Waals surface area contributed by atoms with Crippen LogP contribution in [-0.2, 0) is 6.54 Å². The van der Waals surface area contributed by atoms with Gasteiger partial charge in [-0.1, -0.05) is 18.2 Å². The third-order valence-electron chi connectivity index (χ3n) is 3.71. The first-order valence-corrected chi connectivity index (χ1v) is 8.13. The summed E-state index contributed by atoms with van der Waals surface area (Å²) in [7, 11) is 1.56. The van der Waals surface area contributed by atoms with Crippen LogP contribution in [0.15, 0.2) is 48.5 Å². The van der Waals surface area contributed by atoms with Gasteiger partial charge in [0.05, 0.1) is 7.11 Å². The van der Waals surface area contributed by atoms with Gasteiger partial charge in [-0.2, -0.15) is 0 Å². The molecular weight excluding hydrogens is 318 g/mol. The third kappa shape index (κ3) is 5.61. The summed E-state index contributed by atoms with van der Waals surface area (Å²) in [5, 5.41) is 5.65. The first-order chi connectivity index (χ1) is 12.1. The van der Waals surface area contributed by atoms with Crippen molar-refractivity contribution in [1.29, 1.82) is 0 Å². The van der Waals surface area contributed by atoms with Crippen LogP contribution in [0.25, 0.3) is 0 Å². The van der Waals surface area contributed by atoms with Crippen LogP contribution in [0.1, 0.15) is 32.7 Å². The molecule has 6 heteroatoms. The average molecular weight is 341 g/mol. The number of benzene rings is 2. The first-order valence-electron chi connectivity index (χ1n) is 8.13. The lowest BCUT2D eigenvalue weighted by Gasteiger charge is -2.08. The van der Waals surface area contributed by atoms with Crippen molar-refractivity contribution < 1.29 is 14.3 Å². The molecule has 0 unspecified atom stereocenters. The Kier molecular flexibility index (Phi) is 6.98. The molecule has 0 saturated heterocycles. The molecule has 25 heavy (non-hydrogen) atoms. The second kappa shape index (κ2) is 9.44. The van der Waals surface area contributed by atoms with Gasteiger partial charge < -0.3 is 21.1 Å². The molecule has 0 spiro atoms. The predicted octanol–water partition coefficient (Wildman–Crippen LogP) is 1.70. The lowest BCUT2D eigenvalue weighted by Crippen LogP contribution is -2.29. The molecule has 2 rings (SSSR count). The highest BCUT2D eigenvalue weighted by Crippen LogP contribution is 2.12. The van der Waals surface area contributed by atoms with Gasteiger partial charge in [-0.25, -0.2) is 0 Å². The molecule has 0 saturated carbocycles. The second-order valence-electron chi connectivity index (χ2n) is 5.50. The molecular formula is C19H23N3O3. The van der Waals surface area contributed by atoms with Crippen molar-refractivity contribution in [3.8, 4) is 5.75 Å². The Morgan fingerprint density at radius 2 is 1.60 bits per heavy atom. The Balaban J connectivity index is 1.70. The van der Waals surface area contributed by atoms with Gasteiger partial charge in [-0.15, -0.1) is 0 Å². The third-order valence-corrected chi connectivity index (χ3v) is 3.71. The zero-order chi connectivity index (χ0) is 18.1. The van der Waals surface area contributed by atoms with E-state index < -0.39 is 0 Å². The fourth-order valence-corrected chi connectivity index (χ4v) is 2.25. The average Bonchev–Trinajstić information content (AvgIpc) is 2.67. The Morgan fingerprint density at radius 1 is 0.960 bits per heavy atom. The van der Waals surface area contributed by atoms with Crippen LogP contribution in [0.2, 0.25) is 0 Å². The van der Waals surface area contributed by atoms with E-state index in [9.17, 15) is 9.59 Å². The minimum absolute atomic E-state index is 0.136. The Morgan fingerprint density at radius 3 is 2.20 bits per heavy atom. The van der Waals surface area contributed by atoms with Gasteiger partial charge in [-0.05, 0) is 42.3 Å². The number of nitrogens with one attached hydrogen (secondary N) is 2. The molecule has 6 nitrogen and oxygen atoms in total. The molecule has 0 aromatic heterocycles. The highest BCUT2D eigenvalue weighted by molar-refractivity contribution is 5.95. The minimum atomic E-state index is -0.164. The van der Waals surface area contributed by atoms with Crippen LogP contribution in [0.4, 0.5) is 0 Å². The fraction of sp³-hybridized carbons (Fsp3) is 0.263. The van der Waals surface area contributed by atoms with Crippen molar-refractivity contribution in [2.45, 2.75) is 13.0 Å². The van der Waals surface area contributed by atoms with Crippen LogP contribution in [0.5, 0.6) is 5.75 Å². The van der Waals surface area contributed by atoms with Crippen LogP contribution in [-0.4, -0.2) is 32.0 Å². The largest absolute Gasteiger partial charge is 0.497 e. The molecule has 2 aromatic carbocycles. The summed E-state index contributed by atoms with van der Waals surface area (Å²) >= 11 is 0. The molecule has 2 aromatic rings. The zero-order valence-electron chi connectivity index (χ0n) is 14.2. The van der Waals surface area contributed by atoms with E-state index in [-0.39, 0.29) is 11.8 Å². The Labute approximate surface area is 147 Å². The summed E-state index contributed by atoms with van der Waals surface area (Å²) in [6.07, 6.45) is 0.641. The number of ether oxygens (including phenoxy) is 1. The molecule has 2 amide bonds. The Bertz CT molecular complexity index is 714. The zero-order valence-corrected chi connectivity index (χ0v) is 14.2. The number of carbonyl (C=O) groups is 2. The van der Waals surface area contributed by atoms with E-state index in [1.807, 2.05) is 12.1 Å². The van der Waals surface area contributed by atoms with Crippen molar-refractivity contribution in [1.82, 2.24) is 10.6 Å². The molecule has 0 aliphatic rings. The monoisotopic (exact) mass is 341 g/mol. The SMILES string of the molecule is COc1cccc(C(=O)NCCCNC(=O)c2ccc(CN)cc2)c1. The molecule has 0 radical (unpaired) electrons. The van der Waals surface area contributed by atoms with Crippen LogP contribution in [0.3, 0.4) is 0 Å². The lowest BCUT2D eigenvalue weighted by molar-refractivity contribution is 0.0951. The molecule has 0 aliphatic heterocycles. The van der Waals surface area contributed by atoms with Gasteiger partial charge >= 0.3 is 0 Å². The number of hydrogen-bond acceptors (Lipinski definition) is 4. The standard InChI is InChI=1S/C19H23N3O3/c1-25-17-5-2-4-16(12-17)19(24)22-11-3-10-21-18(23)15-8-6-14(13-20)7-9-15/h2,4-9,12H,3,10-11,13,20H2,1H3,(H,21,23)(H,22,24). The molecule has 132 valence electrons. The van der Waals surface area contributed by atoms with E-state index in [2.05, 4.69) is 10.6 Å². The van der Waals surface area contributed by atoms with E-state index in [0.717, 1.165) is 5.56 Å². The fourth-order valence-electron chi connectivity index (χ4n) is 2.25. The van der Waals surface area contributed by atoms with Crippen LogP contribution >= 0.6 is 0 Å².